The zero-order chi connectivity index (χ0) is 11.4. The molecular formula is C12H19BrN2. The first-order valence-electron chi connectivity index (χ1n) is 5.28. The molecule has 0 saturated carbocycles. The average Bonchev–Trinajstić information content (AvgIpc) is 2.22. The molecule has 0 bridgehead atoms. The first-order chi connectivity index (χ1) is 7.04. The van der Waals surface area contributed by atoms with Gasteiger partial charge in [0.2, 0.25) is 0 Å². The third kappa shape index (κ3) is 3.50. The minimum absolute atomic E-state index is 0.606. The van der Waals surface area contributed by atoms with Crippen LogP contribution in [0.25, 0.3) is 0 Å². The fourth-order valence-electron chi connectivity index (χ4n) is 1.45. The van der Waals surface area contributed by atoms with E-state index in [9.17, 15) is 0 Å². The molecule has 1 rings (SSSR count). The van der Waals surface area contributed by atoms with Gasteiger partial charge in [-0.3, -0.25) is 4.90 Å². The van der Waals surface area contributed by atoms with Gasteiger partial charge in [0, 0.05) is 22.7 Å². The van der Waals surface area contributed by atoms with Crippen molar-refractivity contribution >= 4 is 21.6 Å². The maximum Gasteiger partial charge on any atom is 0.0461 e. The van der Waals surface area contributed by atoms with E-state index in [2.05, 4.69) is 47.8 Å². The summed E-state index contributed by atoms with van der Waals surface area (Å²) in [6.45, 7) is 5.39. The highest BCUT2D eigenvalue weighted by Crippen LogP contribution is 2.21. The van der Waals surface area contributed by atoms with Gasteiger partial charge < -0.3 is 5.73 Å². The monoisotopic (exact) mass is 270 g/mol. The van der Waals surface area contributed by atoms with E-state index in [1.54, 1.807) is 0 Å². The Morgan fingerprint density at radius 3 is 2.67 bits per heavy atom. The average molecular weight is 271 g/mol. The molecule has 84 valence electrons. The van der Waals surface area contributed by atoms with Gasteiger partial charge in [-0.2, -0.15) is 0 Å². The second-order valence-electron chi connectivity index (χ2n) is 4.03. The molecule has 0 aromatic heterocycles. The zero-order valence-corrected chi connectivity index (χ0v) is 11.2. The Balaban J connectivity index is 2.68. The number of rotatable bonds is 4. The molecule has 0 fully saturated rings. The van der Waals surface area contributed by atoms with Crippen LogP contribution in [0.3, 0.4) is 0 Å². The Morgan fingerprint density at radius 2 is 2.13 bits per heavy atom. The van der Waals surface area contributed by atoms with Gasteiger partial charge in [-0.25, -0.2) is 0 Å². The topological polar surface area (TPSA) is 29.3 Å². The Labute approximate surface area is 101 Å². The molecule has 0 amide bonds. The van der Waals surface area contributed by atoms with Crippen molar-refractivity contribution in [2.45, 2.75) is 32.9 Å². The summed E-state index contributed by atoms with van der Waals surface area (Å²) < 4.78 is 0.970. The number of benzene rings is 1. The first-order valence-corrected chi connectivity index (χ1v) is 6.08. The van der Waals surface area contributed by atoms with Crippen LogP contribution in [0.2, 0.25) is 0 Å². The highest BCUT2D eigenvalue weighted by atomic mass is 79.9. The second-order valence-corrected chi connectivity index (χ2v) is 4.88. The van der Waals surface area contributed by atoms with E-state index in [1.807, 2.05) is 12.1 Å². The molecular weight excluding hydrogens is 252 g/mol. The number of nitrogens with two attached hydrogens (primary N) is 1. The lowest BCUT2D eigenvalue weighted by molar-refractivity contribution is 0.244. The molecule has 0 spiro atoms. The second kappa shape index (κ2) is 5.52. The third-order valence-electron chi connectivity index (χ3n) is 2.84. The van der Waals surface area contributed by atoms with Crippen LogP contribution in [-0.4, -0.2) is 18.0 Å². The van der Waals surface area contributed by atoms with E-state index < -0.39 is 0 Å². The molecule has 0 heterocycles. The van der Waals surface area contributed by atoms with E-state index >= 15 is 0 Å². The summed E-state index contributed by atoms with van der Waals surface area (Å²) in [5.41, 5.74) is 7.91. The summed E-state index contributed by atoms with van der Waals surface area (Å²) in [5.74, 6) is 0. The van der Waals surface area contributed by atoms with Crippen molar-refractivity contribution < 1.29 is 0 Å². The molecule has 0 aliphatic heterocycles. The fourth-order valence-corrected chi connectivity index (χ4v) is 1.69. The van der Waals surface area contributed by atoms with Crippen LogP contribution in [0.1, 0.15) is 25.8 Å². The Kier molecular flexibility index (Phi) is 4.61. The molecule has 0 aliphatic carbocycles. The number of hydrogen-bond acceptors (Lipinski definition) is 2. The minimum atomic E-state index is 0.606. The predicted molar refractivity (Wildman–Crippen MR) is 69.8 cm³/mol. The molecule has 0 aliphatic rings. The fraction of sp³-hybridized carbons (Fsp3) is 0.500. The molecule has 0 saturated heterocycles. The molecule has 15 heavy (non-hydrogen) atoms. The lowest BCUT2D eigenvalue weighted by atomic mass is 10.1. The van der Waals surface area contributed by atoms with Crippen molar-refractivity contribution in [1.82, 2.24) is 4.90 Å². The van der Waals surface area contributed by atoms with Gasteiger partial charge in [-0.1, -0.05) is 13.0 Å². The summed E-state index contributed by atoms with van der Waals surface area (Å²) in [6.07, 6.45) is 1.17. The molecule has 1 atom stereocenters. The molecule has 2 nitrogen and oxygen atoms in total. The maximum absolute atomic E-state index is 5.84. The van der Waals surface area contributed by atoms with Gasteiger partial charge >= 0.3 is 0 Å². The van der Waals surface area contributed by atoms with Crippen molar-refractivity contribution in [2.75, 3.05) is 12.8 Å². The van der Waals surface area contributed by atoms with Crippen molar-refractivity contribution in [3.63, 3.8) is 0 Å². The van der Waals surface area contributed by atoms with E-state index in [4.69, 9.17) is 5.73 Å². The van der Waals surface area contributed by atoms with Gasteiger partial charge in [-0.15, -0.1) is 0 Å². The number of anilines is 1. The Bertz CT molecular complexity index is 325. The number of nitrogens with zero attached hydrogens (tertiary/aromatic N) is 1. The summed E-state index contributed by atoms with van der Waals surface area (Å²) in [7, 11) is 2.15. The van der Waals surface area contributed by atoms with Crippen molar-refractivity contribution in [1.29, 1.82) is 0 Å². The van der Waals surface area contributed by atoms with Crippen LogP contribution in [0.4, 0.5) is 5.69 Å². The summed E-state index contributed by atoms with van der Waals surface area (Å²) in [6, 6.07) is 6.76. The molecule has 1 unspecified atom stereocenters. The van der Waals surface area contributed by atoms with Gasteiger partial charge in [0.25, 0.3) is 0 Å². The van der Waals surface area contributed by atoms with Crippen LogP contribution >= 0.6 is 15.9 Å². The quantitative estimate of drug-likeness (QED) is 0.852. The Morgan fingerprint density at radius 1 is 1.47 bits per heavy atom. The summed E-state index contributed by atoms with van der Waals surface area (Å²) in [4.78, 5) is 2.34. The van der Waals surface area contributed by atoms with Crippen LogP contribution < -0.4 is 5.73 Å². The van der Waals surface area contributed by atoms with Crippen LogP contribution in [-0.2, 0) is 6.54 Å². The van der Waals surface area contributed by atoms with E-state index in [1.165, 1.54) is 12.0 Å². The molecule has 3 heteroatoms. The van der Waals surface area contributed by atoms with Crippen LogP contribution in [0.15, 0.2) is 22.7 Å². The van der Waals surface area contributed by atoms with Gasteiger partial charge in [0.15, 0.2) is 0 Å². The third-order valence-corrected chi connectivity index (χ3v) is 3.56. The largest absolute Gasteiger partial charge is 0.398 e. The highest BCUT2D eigenvalue weighted by molar-refractivity contribution is 9.10. The summed E-state index contributed by atoms with van der Waals surface area (Å²) in [5, 5.41) is 0. The van der Waals surface area contributed by atoms with Gasteiger partial charge in [0.05, 0.1) is 0 Å². The van der Waals surface area contributed by atoms with Crippen LogP contribution in [0, 0.1) is 0 Å². The first kappa shape index (κ1) is 12.5. The van der Waals surface area contributed by atoms with Crippen LogP contribution in [0.5, 0.6) is 0 Å². The number of halogens is 1. The Hall–Kier alpha value is -0.540. The maximum atomic E-state index is 5.84. The van der Waals surface area contributed by atoms with Crippen molar-refractivity contribution in [3.8, 4) is 0 Å². The van der Waals surface area contributed by atoms with Gasteiger partial charge in [0.1, 0.15) is 0 Å². The molecule has 1 aromatic rings. The van der Waals surface area contributed by atoms with E-state index in [0.29, 0.717) is 6.04 Å². The lowest BCUT2D eigenvalue weighted by Crippen LogP contribution is -2.27. The zero-order valence-electron chi connectivity index (χ0n) is 9.63. The standard InChI is InChI=1S/C12H19BrN2/c1-4-9(2)15(3)8-10-5-6-11(13)12(14)7-10/h5-7,9H,4,8,14H2,1-3H3. The van der Waals surface area contributed by atoms with Crippen molar-refractivity contribution in [2.24, 2.45) is 0 Å². The van der Waals surface area contributed by atoms with E-state index in [-0.39, 0.29) is 0 Å². The smallest absolute Gasteiger partial charge is 0.0461 e. The molecule has 2 N–H and O–H groups in total. The molecule has 0 radical (unpaired) electrons. The van der Waals surface area contributed by atoms with Crippen molar-refractivity contribution in [3.05, 3.63) is 28.2 Å². The number of nitrogen functional groups attached to an aromatic ring is 1. The molecule has 1 aromatic carbocycles. The minimum Gasteiger partial charge on any atom is -0.398 e. The van der Waals surface area contributed by atoms with E-state index in [0.717, 1.165) is 16.7 Å². The predicted octanol–water partition coefficient (Wildman–Crippen LogP) is 3.26. The highest BCUT2D eigenvalue weighted by Gasteiger charge is 2.07. The number of hydrogen-bond donors (Lipinski definition) is 1. The van der Waals surface area contributed by atoms with Gasteiger partial charge in [-0.05, 0) is 54.0 Å². The SMILES string of the molecule is CCC(C)N(C)Cc1ccc(Br)c(N)c1. The summed E-state index contributed by atoms with van der Waals surface area (Å²) >= 11 is 3.40. The normalized spacial score (nSPS) is 13.1. The lowest BCUT2D eigenvalue weighted by Gasteiger charge is -2.23.